The highest BCUT2D eigenvalue weighted by molar-refractivity contribution is 5.71. The standard InChI is InChI=1S/C26H47NO6/c1-5-9-10-11-12-13-14-15-16-17-27(18-21(6-2)24(28)29,19-22(7-3)25(30)31)20-23(8-4)26(32)33/h13-14,21-23H,5-12,15-20H2,1-4H3,(H2-,28,29,30,31,32,33)/p+1/b14-13+. The minimum absolute atomic E-state index is 0.227. The van der Waals surface area contributed by atoms with Gasteiger partial charge in [-0.15, -0.1) is 0 Å². The van der Waals surface area contributed by atoms with Crippen molar-refractivity contribution in [3.8, 4) is 0 Å². The van der Waals surface area contributed by atoms with Crippen LogP contribution in [0.2, 0.25) is 0 Å². The van der Waals surface area contributed by atoms with Crippen molar-refractivity contribution in [1.82, 2.24) is 0 Å². The van der Waals surface area contributed by atoms with E-state index in [0.717, 1.165) is 19.3 Å². The third-order valence-electron chi connectivity index (χ3n) is 6.74. The van der Waals surface area contributed by atoms with Crippen LogP contribution >= 0.6 is 0 Å². The molecule has 0 bridgehead atoms. The second-order valence-electron chi connectivity index (χ2n) is 9.41. The molecule has 7 heteroatoms. The van der Waals surface area contributed by atoms with Crippen molar-refractivity contribution in [3.63, 3.8) is 0 Å². The first-order valence-electron chi connectivity index (χ1n) is 12.8. The van der Waals surface area contributed by atoms with Gasteiger partial charge in [-0.2, -0.15) is 0 Å². The van der Waals surface area contributed by atoms with Crippen LogP contribution in [0.15, 0.2) is 12.2 Å². The number of hydrogen-bond acceptors (Lipinski definition) is 3. The van der Waals surface area contributed by atoms with Gasteiger partial charge in [0, 0.05) is 6.42 Å². The molecule has 0 aromatic rings. The molecular weight excluding hydrogens is 422 g/mol. The molecule has 0 rings (SSSR count). The maximum absolute atomic E-state index is 11.9. The van der Waals surface area contributed by atoms with Gasteiger partial charge < -0.3 is 19.8 Å². The van der Waals surface area contributed by atoms with Gasteiger partial charge in [0.05, 0.1) is 26.2 Å². The monoisotopic (exact) mass is 470 g/mol. The third-order valence-corrected chi connectivity index (χ3v) is 6.74. The Morgan fingerprint density at radius 1 is 0.636 bits per heavy atom. The smallest absolute Gasteiger partial charge is 0.312 e. The minimum Gasteiger partial charge on any atom is -0.481 e. The van der Waals surface area contributed by atoms with Crippen molar-refractivity contribution in [1.29, 1.82) is 0 Å². The molecule has 0 saturated carbocycles. The Morgan fingerprint density at radius 3 is 1.36 bits per heavy atom. The molecule has 0 spiro atoms. The van der Waals surface area contributed by atoms with Crippen LogP contribution in [-0.4, -0.2) is 63.9 Å². The van der Waals surface area contributed by atoms with E-state index in [1.54, 1.807) is 0 Å². The largest absolute Gasteiger partial charge is 0.481 e. The number of rotatable bonds is 21. The van der Waals surface area contributed by atoms with Crippen LogP contribution in [0, 0.1) is 17.8 Å². The predicted octanol–water partition coefficient (Wildman–Crippen LogP) is 5.44. The Balaban J connectivity index is 5.64. The molecule has 3 unspecified atom stereocenters. The van der Waals surface area contributed by atoms with Gasteiger partial charge in [0.2, 0.25) is 0 Å². The lowest BCUT2D eigenvalue weighted by molar-refractivity contribution is -0.935. The highest BCUT2D eigenvalue weighted by Crippen LogP contribution is 2.25. The summed E-state index contributed by atoms with van der Waals surface area (Å²) in [4.78, 5) is 35.6. The predicted molar refractivity (Wildman–Crippen MR) is 131 cm³/mol. The van der Waals surface area contributed by atoms with E-state index in [2.05, 4.69) is 19.1 Å². The van der Waals surface area contributed by atoms with E-state index < -0.39 is 35.7 Å². The number of carboxylic acids is 3. The summed E-state index contributed by atoms with van der Waals surface area (Å²) in [5.74, 6) is -4.60. The maximum atomic E-state index is 11.9. The molecule has 192 valence electrons. The first-order chi connectivity index (χ1) is 15.7. The van der Waals surface area contributed by atoms with Crippen molar-refractivity contribution < 1.29 is 34.2 Å². The Hall–Kier alpha value is -1.89. The van der Waals surface area contributed by atoms with Crippen LogP contribution in [0.25, 0.3) is 0 Å². The molecule has 0 aliphatic carbocycles. The van der Waals surface area contributed by atoms with E-state index in [1.165, 1.54) is 25.7 Å². The van der Waals surface area contributed by atoms with Crippen molar-refractivity contribution in [3.05, 3.63) is 12.2 Å². The fourth-order valence-corrected chi connectivity index (χ4v) is 4.51. The Bertz CT molecular complexity index is 544. The van der Waals surface area contributed by atoms with Gasteiger partial charge in [-0.3, -0.25) is 14.4 Å². The fraction of sp³-hybridized carbons (Fsp3) is 0.808. The van der Waals surface area contributed by atoms with Crippen LogP contribution in [0.5, 0.6) is 0 Å². The fourth-order valence-electron chi connectivity index (χ4n) is 4.51. The third kappa shape index (κ3) is 12.8. The molecular formula is C26H48NO6+. The highest BCUT2D eigenvalue weighted by Gasteiger charge is 2.40. The number of unbranched alkanes of at least 4 members (excludes halogenated alkanes) is 5. The highest BCUT2D eigenvalue weighted by atomic mass is 16.4. The zero-order valence-electron chi connectivity index (χ0n) is 21.3. The van der Waals surface area contributed by atoms with Gasteiger partial charge in [0.1, 0.15) is 17.8 Å². The van der Waals surface area contributed by atoms with Crippen molar-refractivity contribution in [2.45, 2.75) is 91.9 Å². The Labute approximate surface area is 200 Å². The first kappa shape index (κ1) is 31.1. The van der Waals surface area contributed by atoms with E-state index in [-0.39, 0.29) is 24.1 Å². The number of nitrogens with zero attached hydrogens (tertiary/aromatic N) is 1. The summed E-state index contributed by atoms with van der Waals surface area (Å²) in [6.45, 7) is 9.01. The number of carboxylic acid groups (broad SMARTS) is 3. The van der Waals surface area contributed by atoms with Gasteiger partial charge in [-0.05, 0) is 38.5 Å². The first-order valence-corrected chi connectivity index (χ1v) is 12.8. The molecule has 0 aromatic heterocycles. The van der Waals surface area contributed by atoms with Crippen molar-refractivity contribution in [2.24, 2.45) is 17.8 Å². The molecule has 33 heavy (non-hydrogen) atoms. The van der Waals surface area contributed by atoms with E-state index in [9.17, 15) is 29.7 Å². The lowest BCUT2D eigenvalue weighted by Gasteiger charge is -2.43. The van der Waals surface area contributed by atoms with Crippen LogP contribution < -0.4 is 0 Å². The van der Waals surface area contributed by atoms with Gasteiger partial charge in [0.15, 0.2) is 0 Å². The SMILES string of the molecule is CCCCCC/C=C/CCC[N+](CC(CC)C(=O)O)(CC(CC)C(=O)O)CC(CC)C(=O)O. The molecule has 0 radical (unpaired) electrons. The zero-order valence-corrected chi connectivity index (χ0v) is 21.3. The topological polar surface area (TPSA) is 112 Å². The molecule has 0 heterocycles. The molecule has 7 nitrogen and oxygen atoms in total. The van der Waals surface area contributed by atoms with Crippen molar-refractivity contribution in [2.75, 3.05) is 26.2 Å². The summed E-state index contributed by atoms with van der Waals surface area (Å²) in [7, 11) is 0. The zero-order chi connectivity index (χ0) is 25.3. The van der Waals surface area contributed by atoms with E-state index in [1.807, 2.05) is 20.8 Å². The second kappa shape index (κ2) is 17.6. The summed E-state index contributed by atoms with van der Waals surface area (Å²) in [5, 5.41) is 29.1. The summed E-state index contributed by atoms with van der Waals surface area (Å²) < 4.78 is 0.227. The van der Waals surface area contributed by atoms with E-state index >= 15 is 0 Å². The van der Waals surface area contributed by atoms with Crippen LogP contribution in [0.3, 0.4) is 0 Å². The molecule has 0 fully saturated rings. The summed E-state index contributed by atoms with van der Waals surface area (Å²) in [6, 6.07) is 0. The Morgan fingerprint density at radius 2 is 1.03 bits per heavy atom. The van der Waals surface area contributed by atoms with Gasteiger partial charge in [0.25, 0.3) is 0 Å². The van der Waals surface area contributed by atoms with Gasteiger partial charge in [-0.25, -0.2) is 0 Å². The molecule has 0 saturated heterocycles. The summed E-state index contributed by atoms with van der Waals surface area (Å²) in [6.07, 6.45) is 13.1. The summed E-state index contributed by atoms with van der Waals surface area (Å²) >= 11 is 0. The molecule has 0 aliphatic heterocycles. The van der Waals surface area contributed by atoms with Gasteiger partial charge in [-0.1, -0.05) is 59.1 Å². The minimum atomic E-state index is -0.904. The number of carbonyl (C=O) groups is 3. The quantitative estimate of drug-likeness (QED) is 0.117. The normalized spacial score (nSPS) is 16.2. The van der Waals surface area contributed by atoms with E-state index in [4.69, 9.17) is 0 Å². The molecule has 3 atom stereocenters. The Kier molecular flexibility index (Phi) is 16.6. The second-order valence-corrected chi connectivity index (χ2v) is 9.41. The number of hydrogen-bond donors (Lipinski definition) is 3. The molecule has 0 aromatic carbocycles. The molecule has 0 aliphatic rings. The number of allylic oxidation sites excluding steroid dienone is 2. The summed E-state index contributed by atoms with van der Waals surface area (Å²) in [5.41, 5.74) is 0. The number of quaternary nitrogens is 1. The molecule has 0 amide bonds. The van der Waals surface area contributed by atoms with Gasteiger partial charge >= 0.3 is 17.9 Å². The molecule has 3 N–H and O–H groups in total. The van der Waals surface area contributed by atoms with E-state index in [0.29, 0.717) is 25.8 Å². The maximum Gasteiger partial charge on any atom is 0.312 e. The number of aliphatic carboxylic acids is 3. The average molecular weight is 471 g/mol. The lowest BCUT2D eigenvalue weighted by Crippen LogP contribution is -2.58. The lowest BCUT2D eigenvalue weighted by atomic mass is 9.95. The van der Waals surface area contributed by atoms with Crippen LogP contribution in [0.4, 0.5) is 0 Å². The van der Waals surface area contributed by atoms with Crippen LogP contribution in [0.1, 0.15) is 91.9 Å². The van der Waals surface area contributed by atoms with Crippen LogP contribution in [-0.2, 0) is 14.4 Å². The van der Waals surface area contributed by atoms with Crippen molar-refractivity contribution >= 4 is 17.9 Å². The average Bonchev–Trinajstić information content (AvgIpc) is 2.77.